The lowest BCUT2D eigenvalue weighted by molar-refractivity contribution is 0.881. The molecule has 0 saturated heterocycles. The highest BCUT2D eigenvalue weighted by Crippen LogP contribution is 1.82. The Bertz CT molecular complexity index is 164. The summed E-state index contributed by atoms with van der Waals surface area (Å²) in [5, 5.41) is 12.8. The lowest BCUT2D eigenvalue weighted by Crippen LogP contribution is -1.79. The number of nitrogens with zero attached hydrogens (tertiary/aromatic N) is 3. The van der Waals surface area contributed by atoms with E-state index in [0.717, 1.165) is 0 Å². The van der Waals surface area contributed by atoms with Crippen LogP contribution in [-0.4, -0.2) is 20.6 Å². The SMILES string of the molecule is NC=Cc1nn[nH]n1. The molecular formula is C3H5N5. The molecule has 0 aromatic carbocycles. The molecule has 0 unspecified atom stereocenters. The van der Waals surface area contributed by atoms with Crippen LogP contribution >= 0.6 is 0 Å². The van der Waals surface area contributed by atoms with E-state index < -0.39 is 0 Å². The Hall–Kier alpha value is -1.39. The van der Waals surface area contributed by atoms with E-state index in [-0.39, 0.29) is 0 Å². The van der Waals surface area contributed by atoms with Gasteiger partial charge in [0.05, 0.1) is 0 Å². The monoisotopic (exact) mass is 111 g/mol. The molecule has 0 saturated carbocycles. The van der Waals surface area contributed by atoms with Gasteiger partial charge in [0.2, 0.25) is 0 Å². The van der Waals surface area contributed by atoms with Crippen LogP contribution in [0.15, 0.2) is 6.20 Å². The molecule has 0 aliphatic rings. The Kier molecular flexibility index (Phi) is 1.23. The minimum Gasteiger partial charge on any atom is -0.404 e. The van der Waals surface area contributed by atoms with Gasteiger partial charge >= 0.3 is 0 Å². The van der Waals surface area contributed by atoms with Crippen molar-refractivity contribution < 1.29 is 0 Å². The molecule has 0 spiro atoms. The predicted octanol–water partition coefficient (Wildman–Crippen LogP) is -0.871. The Labute approximate surface area is 45.6 Å². The van der Waals surface area contributed by atoms with Gasteiger partial charge in [0.1, 0.15) is 0 Å². The maximum atomic E-state index is 5.02. The van der Waals surface area contributed by atoms with Crippen LogP contribution in [0.4, 0.5) is 0 Å². The number of tetrazole rings is 1. The maximum Gasteiger partial charge on any atom is 0.198 e. The van der Waals surface area contributed by atoms with Gasteiger partial charge in [-0.1, -0.05) is 0 Å². The maximum absolute atomic E-state index is 5.02. The van der Waals surface area contributed by atoms with Crippen molar-refractivity contribution in [2.45, 2.75) is 0 Å². The topological polar surface area (TPSA) is 80.5 Å². The highest BCUT2D eigenvalue weighted by molar-refractivity contribution is 5.36. The number of aromatic amines is 1. The summed E-state index contributed by atoms with van der Waals surface area (Å²) in [7, 11) is 0. The van der Waals surface area contributed by atoms with Gasteiger partial charge in [-0.2, -0.15) is 5.21 Å². The third-order valence-electron chi connectivity index (χ3n) is 0.607. The molecule has 0 aliphatic heterocycles. The summed E-state index contributed by atoms with van der Waals surface area (Å²) in [6, 6.07) is 0. The van der Waals surface area contributed by atoms with E-state index in [2.05, 4.69) is 20.6 Å². The molecule has 1 aromatic heterocycles. The first-order chi connectivity index (χ1) is 3.93. The number of aromatic nitrogens is 4. The van der Waals surface area contributed by atoms with Crippen molar-refractivity contribution in [2.75, 3.05) is 0 Å². The molecule has 1 heterocycles. The molecule has 5 heteroatoms. The number of rotatable bonds is 1. The Morgan fingerprint density at radius 2 is 2.50 bits per heavy atom. The first-order valence-corrected chi connectivity index (χ1v) is 2.05. The van der Waals surface area contributed by atoms with E-state index in [4.69, 9.17) is 5.73 Å². The first kappa shape index (κ1) is 4.76. The Morgan fingerprint density at radius 3 is 3.00 bits per heavy atom. The molecule has 0 bridgehead atoms. The van der Waals surface area contributed by atoms with Gasteiger partial charge in [-0.25, -0.2) is 0 Å². The van der Waals surface area contributed by atoms with E-state index in [1.807, 2.05) is 0 Å². The van der Waals surface area contributed by atoms with Crippen LogP contribution in [0, 0.1) is 0 Å². The summed E-state index contributed by atoms with van der Waals surface area (Å²) in [6.45, 7) is 0. The van der Waals surface area contributed by atoms with Gasteiger partial charge in [-0.05, 0) is 11.4 Å². The van der Waals surface area contributed by atoms with Crippen molar-refractivity contribution in [1.82, 2.24) is 20.6 Å². The number of nitrogens with two attached hydrogens (primary N) is 1. The van der Waals surface area contributed by atoms with Crippen LogP contribution in [0.1, 0.15) is 5.82 Å². The smallest absolute Gasteiger partial charge is 0.198 e. The highest BCUT2D eigenvalue weighted by Gasteiger charge is 1.85. The van der Waals surface area contributed by atoms with Crippen LogP contribution in [0.3, 0.4) is 0 Å². The molecule has 5 nitrogen and oxygen atoms in total. The molecule has 1 aromatic rings. The summed E-state index contributed by atoms with van der Waals surface area (Å²) in [5.74, 6) is 0.493. The van der Waals surface area contributed by atoms with Gasteiger partial charge in [0.25, 0.3) is 0 Å². The van der Waals surface area contributed by atoms with E-state index in [1.54, 1.807) is 6.08 Å². The minimum atomic E-state index is 0.493. The van der Waals surface area contributed by atoms with Crippen LogP contribution in [0.25, 0.3) is 6.08 Å². The molecule has 42 valence electrons. The van der Waals surface area contributed by atoms with Gasteiger partial charge in [0, 0.05) is 6.08 Å². The summed E-state index contributed by atoms with van der Waals surface area (Å²) in [6.07, 6.45) is 2.90. The third-order valence-corrected chi connectivity index (χ3v) is 0.607. The summed E-state index contributed by atoms with van der Waals surface area (Å²) >= 11 is 0. The molecule has 0 amide bonds. The molecule has 0 fully saturated rings. The Morgan fingerprint density at radius 1 is 1.62 bits per heavy atom. The van der Waals surface area contributed by atoms with Crippen LogP contribution < -0.4 is 5.73 Å². The van der Waals surface area contributed by atoms with Crippen molar-refractivity contribution in [1.29, 1.82) is 0 Å². The predicted molar refractivity (Wildman–Crippen MR) is 27.4 cm³/mol. The second-order valence-corrected chi connectivity index (χ2v) is 1.13. The van der Waals surface area contributed by atoms with E-state index >= 15 is 0 Å². The lowest BCUT2D eigenvalue weighted by atomic mass is 10.6. The van der Waals surface area contributed by atoms with E-state index in [0.29, 0.717) is 5.82 Å². The second kappa shape index (κ2) is 2.06. The fourth-order valence-corrected chi connectivity index (χ4v) is 0.326. The van der Waals surface area contributed by atoms with Gasteiger partial charge in [-0.15, -0.1) is 10.2 Å². The zero-order chi connectivity index (χ0) is 5.82. The zero-order valence-corrected chi connectivity index (χ0v) is 4.07. The largest absolute Gasteiger partial charge is 0.404 e. The standard InChI is InChI=1S/C3H5N5/c4-2-1-3-5-7-8-6-3/h1-2H,4H2,(H,5,6,7,8). The molecule has 0 aliphatic carbocycles. The molecule has 3 N–H and O–H groups in total. The average Bonchev–Trinajstić information content (AvgIpc) is 2.19. The number of H-pyrrole nitrogens is 1. The summed E-state index contributed by atoms with van der Waals surface area (Å²) in [5.41, 5.74) is 5.02. The fourth-order valence-electron chi connectivity index (χ4n) is 0.326. The van der Waals surface area contributed by atoms with Crippen LogP contribution in [-0.2, 0) is 0 Å². The average molecular weight is 111 g/mol. The van der Waals surface area contributed by atoms with Crippen molar-refractivity contribution in [3.05, 3.63) is 12.0 Å². The molecule has 0 atom stereocenters. The Balaban J connectivity index is 2.77. The van der Waals surface area contributed by atoms with Gasteiger partial charge in [0.15, 0.2) is 5.82 Å². The van der Waals surface area contributed by atoms with Crippen molar-refractivity contribution in [3.8, 4) is 0 Å². The fraction of sp³-hybridized carbons (Fsp3) is 0. The number of nitrogens with one attached hydrogen (secondary N) is 1. The third kappa shape index (κ3) is 0.810. The highest BCUT2D eigenvalue weighted by atomic mass is 15.5. The summed E-state index contributed by atoms with van der Waals surface area (Å²) < 4.78 is 0. The van der Waals surface area contributed by atoms with Crippen molar-refractivity contribution in [3.63, 3.8) is 0 Å². The molecule has 8 heavy (non-hydrogen) atoms. The molecular weight excluding hydrogens is 106 g/mol. The van der Waals surface area contributed by atoms with Gasteiger partial charge in [-0.3, -0.25) is 0 Å². The lowest BCUT2D eigenvalue weighted by Gasteiger charge is -1.70. The normalized spacial score (nSPS) is 10.5. The van der Waals surface area contributed by atoms with Crippen LogP contribution in [0.2, 0.25) is 0 Å². The second-order valence-electron chi connectivity index (χ2n) is 1.13. The van der Waals surface area contributed by atoms with E-state index in [1.165, 1.54) is 6.20 Å². The summed E-state index contributed by atoms with van der Waals surface area (Å²) in [4.78, 5) is 0. The van der Waals surface area contributed by atoms with Crippen molar-refractivity contribution >= 4 is 6.08 Å². The van der Waals surface area contributed by atoms with E-state index in [9.17, 15) is 0 Å². The zero-order valence-electron chi connectivity index (χ0n) is 4.07. The minimum absolute atomic E-state index is 0.493. The van der Waals surface area contributed by atoms with Crippen molar-refractivity contribution in [2.24, 2.45) is 5.73 Å². The van der Waals surface area contributed by atoms with Crippen LogP contribution in [0.5, 0.6) is 0 Å². The quantitative estimate of drug-likeness (QED) is 0.493. The first-order valence-electron chi connectivity index (χ1n) is 2.05. The number of hydrogen-bond acceptors (Lipinski definition) is 4. The molecule has 1 rings (SSSR count). The van der Waals surface area contributed by atoms with Gasteiger partial charge < -0.3 is 5.73 Å². The molecule has 0 radical (unpaired) electrons. The number of hydrogen-bond donors (Lipinski definition) is 2.